The first kappa shape index (κ1) is 12.0. The Morgan fingerprint density at radius 2 is 1.94 bits per heavy atom. The summed E-state index contributed by atoms with van der Waals surface area (Å²) >= 11 is 3.46. The van der Waals surface area contributed by atoms with E-state index in [4.69, 9.17) is 0 Å². The average Bonchev–Trinajstić information content (AvgIpc) is 2.75. The zero-order valence-electron chi connectivity index (χ0n) is 10.2. The fourth-order valence-electron chi connectivity index (χ4n) is 2.56. The SMILES string of the molecule is CC1(C)CC1C(O)c1cc2[nH]c(=O)[nH]c2cc1Br. The Kier molecular flexibility index (Phi) is 2.47. The molecule has 3 rings (SSSR count). The molecule has 0 amide bonds. The molecule has 2 atom stereocenters. The highest BCUT2D eigenvalue weighted by Crippen LogP contribution is 2.58. The number of aliphatic hydroxyl groups is 1. The van der Waals surface area contributed by atoms with Gasteiger partial charge in [-0.3, -0.25) is 0 Å². The molecule has 3 N–H and O–H groups in total. The summed E-state index contributed by atoms with van der Waals surface area (Å²) in [5, 5.41) is 10.4. The van der Waals surface area contributed by atoms with Gasteiger partial charge in [0, 0.05) is 4.47 Å². The number of aliphatic hydroxyl groups excluding tert-OH is 1. The number of halogens is 1. The molecule has 1 aliphatic rings. The van der Waals surface area contributed by atoms with Crippen molar-refractivity contribution in [3.63, 3.8) is 0 Å². The molecule has 1 aromatic carbocycles. The maximum atomic E-state index is 11.2. The van der Waals surface area contributed by atoms with E-state index in [1.165, 1.54) is 0 Å². The summed E-state index contributed by atoms with van der Waals surface area (Å²) in [4.78, 5) is 16.7. The van der Waals surface area contributed by atoms with E-state index in [0.29, 0.717) is 0 Å². The number of hydrogen-bond acceptors (Lipinski definition) is 2. The topological polar surface area (TPSA) is 68.9 Å². The van der Waals surface area contributed by atoms with Crippen LogP contribution in [0.4, 0.5) is 0 Å². The summed E-state index contributed by atoms with van der Waals surface area (Å²) in [5.74, 6) is 0.289. The zero-order chi connectivity index (χ0) is 13.1. The standard InChI is InChI=1S/C13H15BrN2O2/c1-13(2)5-7(13)11(17)6-3-9-10(4-8(6)14)16-12(18)15-9/h3-4,7,11,17H,5H2,1-2H3,(H2,15,16,18). The Balaban J connectivity index is 2.06. The molecule has 0 aliphatic heterocycles. The van der Waals surface area contributed by atoms with Crippen molar-refractivity contribution in [2.24, 2.45) is 11.3 Å². The molecule has 4 nitrogen and oxygen atoms in total. The molecule has 2 unspecified atom stereocenters. The second kappa shape index (κ2) is 3.71. The van der Waals surface area contributed by atoms with Crippen LogP contribution < -0.4 is 5.69 Å². The van der Waals surface area contributed by atoms with Crippen molar-refractivity contribution < 1.29 is 5.11 Å². The number of H-pyrrole nitrogens is 2. The molecule has 1 aromatic heterocycles. The van der Waals surface area contributed by atoms with Crippen LogP contribution in [0.2, 0.25) is 0 Å². The minimum absolute atomic E-state index is 0.208. The molecule has 1 aliphatic carbocycles. The minimum Gasteiger partial charge on any atom is -0.388 e. The molecule has 0 spiro atoms. The summed E-state index contributed by atoms with van der Waals surface area (Å²) in [5.41, 5.74) is 2.30. The molecule has 1 heterocycles. The predicted molar refractivity (Wildman–Crippen MR) is 73.5 cm³/mol. The summed E-state index contributed by atoms with van der Waals surface area (Å²) in [6.07, 6.45) is 0.541. The Labute approximate surface area is 113 Å². The highest BCUT2D eigenvalue weighted by molar-refractivity contribution is 9.10. The fourth-order valence-corrected chi connectivity index (χ4v) is 3.14. The second-order valence-electron chi connectivity index (χ2n) is 5.74. The third-order valence-electron chi connectivity index (χ3n) is 3.92. The summed E-state index contributed by atoms with van der Waals surface area (Å²) < 4.78 is 0.834. The van der Waals surface area contributed by atoms with Gasteiger partial charge in [-0.2, -0.15) is 0 Å². The molecule has 1 fully saturated rings. The van der Waals surface area contributed by atoms with Crippen LogP contribution in [0.5, 0.6) is 0 Å². The van der Waals surface area contributed by atoms with E-state index in [9.17, 15) is 9.90 Å². The largest absolute Gasteiger partial charge is 0.388 e. The number of imidazole rings is 1. The molecule has 0 saturated heterocycles. The van der Waals surface area contributed by atoms with Gasteiger partial charge in [-0.1, -0.05) is 29.8 Å². The van der Waals surface area contributed by atoms with Gasteiger partial charge in [0.05, 0.1) is 17.1 Å². The van der Waals surface area contributed by atoms with Crippen molar-refractivity contribution >= 4 is 27.0 Å². The maximum Gasteiger partial charge on any atom is 0.323 e. The quantitative estimate of drug-likeness (QED) is 0.798. The van der Waals surface area contributed by atoms with E-state index in [0.717, 1.165) is 27.5 Å². The van der Waals surface area contributed by atoms with Crippen LogP contribution in [0.1, 0.15) is 31.9 Å². The molecule has 0 radical (unpaired) electrons. The smallest absolute Gasteiger partial charge is 0.323 e. The number of fused-ring (bicyclic) bond motifs is 1. The van der Waals surface area contributed by atoms with Gasteiger partial charge in [-0.15, -0.1) is 0 Å². The van der Waals surface area contributed by atoms with E-state index in [1.807, 2.05) is 12.1 Å². The van der Waals surface area contributed by atoms with Gasteiger partial charge >= 0.3 is 5.69 Å². The van der Waals surface area contributed by atoms with Gasteiger partial charge in [0.1, 0.15) is 0 Å². The van der Waals surface area contributed by atoms with Gasteiger partial charge in [0.2, 0.25) is 0 Å². The number of rotatable bonds is 2. The normalized spacial score (nSPS) is 23.2. The van der Waals surface area contributed by atoms with Crippen LogP contribution in [0.25, 0.3) is 11.0 Å². The fraction of sp³-hybridized carbons (Fsp3) is 0.462. The Morgan fingerprint density at radius 1 is 1.39 bits per heavy atom. The lowest BCUT2D eigenvalue weighted by Gasteiger charge is -2.14. The molecule has 5 heteroatoms. The van der Waals surface area contributed by atoms with Gasteiger partial charge in [0.15, 0.2) is 0 Å². The van der Waals surface area contributed by atoms with Crippen molar-refractivity contribution in [1.82, 2.24) is 9.97 Å². The van der Waals surface area contributed by atoms with Crippen LogP contribution >= 0.6 is 15.9 Å². The molecule has 96 valence electrons. The third kappa shape index (κ3) is 1.82. The van der Waals surface area contributed by atoms with Crippen molar-refractivity contribution in [2.75, 3.05) is 0 Å². The van der Waals surface area contributed by atoms with E-state index < -0.39 is 6.10 Å². The molecular formula is C13H15BrN2O2. The first-order valence-corrected chi connectivity index (χ1v) is 6.77. The van der Waals surface area contributed by atoms with Crippen molar-refractivity contribution in [2.45, 2.75) is 26.4 Å². The van der Waals surface area contributed by atoms with Crippen LogP contribution in [-0.4, -0.2) is 15.1 Å². The highest BCUT2D eigenvalue weighted by atomic mass is 79.9. The van der Waals surface area contributed by atoms with Crippen LogP contribution in [0.15, 0.2) is 21.4 Å². The summed E-state index contributed by atoms with van der Waals surface area (Å²) in [7, 11) is 0. The van der Waals surface area contributed by atoms with Gasteiger partial charge in [-0.25, -0.2) is 4.79 Å². The van der Waals surface area contributed by atoms with Crippen molar-refractivity contribution in [1.29, 1.82) is 0 Å². The highest BCUT2D eigenvalue weighted by Gasteiger charge is 2.50. The van der Waals surface area contributed by atoms with Gasteiger partial charge in [0.25, 0.3) is 0 Å². The Hall–Kier alpha value is -1.07. The maximum absolute atomic E-state index is 11.2. The van der Waals surface area contributed by atoms with E-state index in [1.54, 1.807) is 0 Å². The van der Waals surface area contributed by atoms with E-state index >= 15 is 0 Å². The number of hydrogen-bond donors (Lipinski definition) is 3. The number of benzene rings is 1. The number of aromatic nitrogens is 2. The molecule has 18 heavy (non-hydrogen) atoms. The van der Waals surface area contributed by atoms with E-state index in [2.05, 4.69) is 39.7 Å². The molecule has 1 saturated carbocycles. The van der Waals surface area contributed by atoms with Crippen molar-refractivity contribution in [3.05, 3.63) is 32.7 Å². The van der Waals surface area contributed by atoms with Crippen LogP contribution in [0.3, 0.4) is 0 Å². The second-order valence-corrected chi connectivity index (χ2v) is 6.60. The summed E-state index contributed by atoms with van der Waals surface area (Å²) in [6, 6.07) is 3.68. The zero-order valence-corrected chi connectivity index (χ0v) is 11.8. The number of nitrogens with one attached hydrogen (secondary N) is 2. The van der Waals surface area contributed by atoms with Gasteiger partial charge in [-0.05, 0) is 35.4 Å². The molecule has 2 aromatic rings. The predicted octanol–water partition coefficient (Wildman–Crippen LogP) is 2.70. The van der Waals surface area contributed by atoms with E-state index in [-0.39, 0.29) is 17.0 Å². The Morgan fingerprint density at radius 3 is 2.50 bits per heavy atom. The number of aromatic amines is 2. The lowest BCUT2D eigenvalue weighted by molar-refractivity contribution is 0.138. The van der Waals surface area contributed by atoms with Gasteiger partial charge < -0.3 is 15.1 Å². The van der Waals surface area contributed by atoms with Crippen molar-refractivity contribution in [3.8, 4) is 0 Å². The lowest BCUT2D eigenvalue weighted by atomic mass is 9.99. The van der Waals surface area contributed by atoms with Crippen LogP contribution in [0, 0.1) is 11.3 Å². The first-order valence-electron chi connectivity index (χ1n) is 5.98. The Bertz CT molecular complexity index is 671. The average molecular weight is 311 g/mol. The minimum atomic E-state index is -0.489. The van der Waals surface area contributed by atoms with Crippen LogP contribution in [-0.2, 0) is 0 Å². The molecular weight excluding hydrogens is 296 g/mol. The lowest BCUT2D eigenvalue weighted by Crippen LogP contribution is -2.05. The first-order chi connectivity index (χ1) is 8.38. The monoisotopic (exact) mass is 310 g/mol. The summed E-state index contributed by atoms with van der Waals surface area (Å²) in [6.45, 7) is 4.32. The third-order valence-corrected chi connectivity index (χ3v) is 4.61. The molecule has 0 bridgehead atoms.